The van der Waals surface area contributed by atoms with Crippen LogP contribution >= 0.6 is 0 Å². The molecule has 1 aliphatic rings. The molecule has 2 aromatic heterocycles. The number of carbonyl (C=O) groups is 9. The molecule has 5 rings (SSSR count). The van der Waals surface area contributed by atoms with Crippen LogP contribution in [0.1, 0.15) is 62.8 Å². The summed E-state index contributed by atoms with van der Waals surface area (Å²) in [5, 5.41) is 19.8. The highest BCUT2D eigenvalue weighted by Gasteiger charge is 2.44. The van der Waals surface area contributed by atoms with Crippen molar-refractivity contribution in [1.82, 2.24) is 57.1 Å². The number of Topliss-reactive ketones (excluding diaryl/α,β-unsaturated/α-hetero) is 1. The van der Waals surface area contributed by atoms with Gasteiger partial charge in [0.1, 0.15) is 48.1 Å². The molecule has 0 bridgehead atoms. The summed E-state index contributed by atoms with van der Waals surface area (Å²) in [4.78, 5) is 132. The standard InChI is InChI=1S/C46H61N13O9/c1-26(60)19-38-45(67)59(46(68)58-38)27(2)40(62)55-37(22-30-24-50-25-52-30)44(66)56-35(20-28-11-5-4-6-12-28)42(64)54-34(15-9-17-47)41(63)57-36(21-29-23-51-32-14-8-7-13-31(29)32)43(65)53-33(39(48)61)16-10-18-49-3/h4-8,11-14,23-25,27,33-38,49,51H,9-10,15-22,47H2,1-3H3,(H2,48,61)(H,50,52)(H,53,65)(H,54,64)(H,55,62)(H,56,66)(H,57,63)(H,58,68)/t27-,33+,34+,35-,36+,37+,38+/m1/s1. The van der Waals surface area contributed by atoms with E-state index in [2.05, 4.69) is 52.2 Å². The number of hydrogen-bond acceptors (Lipinski definition) is 12. The van der Waals surface area contributed by atoms with Crippen molar-refractivity contribution >= 4 is 64.1 Å². The molecule has 0 unspecified atom stereocenters. The van der Waals surface area contributed by atoms with Crippen LogP contribution in [0.25, 0.3) is 10.9 Å². The molecule has 22 nitrogen and oxygen atoms in total. The van der Waals surface area contributed by atoms with E-state index in [9.17, 15) is 43.2 Å². The van der Waals surface area contributed by atoms with Crippen LogP contribution < -0.4 is 48.7 Å². The van der Waals surface area contributed by atoms with E-state index in [1.807, 2.05) is 24.3 Å². The third-order valence-corrected chi connectivity index (χ3v) is 11.5. The van der Waals surface area contributed by atoms with E-state index in [0.717, 1.165) is 10.9 Å². The first-order valence-electron chi connectivity index (χ1n) is 22.4. The second-order valence-corrected chi connectivity index (χ2v) is 16.7. The first kappa shape index (κ1) is 51.5. The molecule has 4 aromatic rings. The predicted molar refractivity (Wildman–Crippen MR) is 249 cm³/mol. The van der Waals surface area contributed by atoms with Crippen LogP contribution in [0.2, 0.25) is 0 Å². The molecule has 22 heteroatoms. The van der Waals surface area contributed by atoms with Crippen LogP contribution in [0.5, 0.6) is 0 Å². The summed E-state index contributed by atoms with van der Waals surface area (Å²) in [5.74, 6) is -5.81. The number of para-hydroxylation sites is 1. The highest BCUT2D eigenvalue weighted by atomic mass is 16.2. The predicted octanol–water partition coefficient (Wildman–Crippen LogP) is -1.15. The molecular formula is C46H61N13O9. The smallest absolute Gasteiger partial charge is 0.325 e. The van der Waals surface area contributed by atoms with Gasteiger partial charge in [-0.25, -0.2) is 9.78 Å². The van der Waals surface area contributed by atoms with Gasteiger partial charge in [0.05, 0.1) is 6.33 Å². The Labute approximate surface area is 392 Å². The molecule has 7 atom stereocenters. The van der Waals surface area contributed by atoms with Crippen molar-refractivity contribution in [3.8, 4) is 0 Å². The number of aromatic nitrogens is 3. The number of H-pyrrole nitrogens is 2. The molecule has 1 aliphatic heterocycles. The zero-order valence-corrected chi connectivity index (χ0v) is 38.3. The first-order chi connectivity index (χ1) is 32.6. The van der Waals surface area contributed by atoms with Crippen LogP contribution in [-0.2, 0) is 57.6 Å². The third-order valence-electron chi connectivity index (χ3n) is 11.5. The molecule has 68 heavy (non-hydrogen) atoms. The van der Waals surface area contributed by atoms with Crippen molar-refractivity contribution in [2.24, 2.45) is 11.5 Å². The van der Waals surface area contributed by atoms with Gasteiger partial charge in [0, 0.05) is 54.7 Å². The largest absolute Gasteiger partial charge is 0.368 e. The number of hydrogen-bond donors (Lipinski definition) is 11. The highest BCUT2D eigenvalue weighted by Crippen LogP contribution is 2.20. The molecule has 0 spiro atoms. The minimum Gasteiger partial charge on any atom is -0.368 e. The molecule has 13 N–H and O–H groups in total. The maximum atomic E-state index is 14.5. The average molecular weight is 940 g/mol. The zero-order valence-electron chi connectivity index (χ0n) is 38.3. The van der Waals surface area contributed by atoms with Crippen molar-refractivity contribution in [1.29, 1.82) is 0 Å². The van der Waals surface area contributed by atoms with Gasteiger partial charge in [-0.2, -0.15) is 0 Å². The quantitative estimate of drug-likeness (QED) is 0.0250. The van der Waals surface area contributed by atoms with E-state index >= 15 is 0 Å². The van der Waals surface area contributed by atoms with Gasteiger partial charge in [-0.15, -0.1) is 0 Å². The minimum atomic E-state index is -1.41. The number of benzene rings is 2. The number of nitrogens with one attached hydrogen (secondary N) is 9. The SMILES string of the molecule is CNCCC[C@H](NC(=O)[C@H](Cc1c[nH]c2ccccc12)NC(=O)[C@H](CCCN)NC(=O)[C@@H](Cc1ccccc1)NC(=O)[C@H](Cc1cnc[nH]1)NC(=O)[C@@H](C)N1C(=O)N[C@@H](CC(C)=O)C1=O)C(N)=O. The lowest BCUT2D eigenvalue weighted by molar-refractivity contribution is -0.138. The fourth-order valence-corrected chi connectivity index (χ4v) is 7.81. The lowest BCUT2D eigenvalue weighted by atomic mass is 10.0. The van der Waals surface area contributed by atoms with Gasteiger partial charge < -0.3 is 58.7 Å². The van der Waals surface area contributed by atoms with Crippen LogP contribution in [-0.4, -0.2) is 135 Å². The van der Waals surface area contributed by atoms with Gasteiger partial charge in [0.25, 0.3) is 5.91 Å². The Bertz CT molecular complexity index is 2410. The Kier molecular flexibility index (Phi) is 18.9. The topological polar surface area (TPSA) is 338 Å². The van der Waals surface area contributed by atoms with E-state index in [1.165, 1.54) is 26.4 Å². The Morgan fingerprint density at radius 1 is 0.735 bits per heavy atom. The molecule has 1 fully saturated rings. The van der Waals surface area contributed by atoms with E-state index < -0.39 is 89.7 Å². The summed E-state index contributed by atoms with van der Waals surface area (Å²) in [6, 6.07) is 6.36. The Hall–Kier alpha value is -7.46. The van der Waals surface area contributed by atoms with Crippen LogP contribution in [0, 0.1) is 0 Å². The second-order valence-electron chi connectivity index (χ2n) is 16.7. The lowest BCUT2D eigenvalue weighted by Crippen LogP contribution is -2.60. The number of primary amides is 1. The summed E-state index contributed by atoms with van der Waals surface area (Å²) in [7, 11) is 1.75. The van der Waals surface area contributed by atoms with Gasteiger partial charge in [0.2, 0.25) is 35.4 Å². The molecule has 0 aliphatic carbocycles. The molecule has 1 saturated heterocycles. The van der Waals surface area contributed by atoms with Crippen molar-refractivity contribution in [3.63, 3.8) is 0 Å². The number of nitrogens with two attached hydrogens (primary N) is 2. The van der Waals surface area contributed by atoms with Gasteiger partial charge in [-0.1, -0.05) is 48.5 Å². The summed E-state index contributed by atoms with van der Waals surface area (Å²) >= 11 is 0. The molecule has 9 amide bonds. The number of carbonyl (C=O) groups excluding carboxylic acids is 9. The monoisotopic (exact) mass is 939 g/mol. The Morgan fingerprint density at radius 2 is 1.32 bits per heavy atom. The zero-order chi connectivity index (χ0) is 49.3. The number of fused-ring (bicyclic) bond motifs is 1. The van der Waals surface area contributed by atoms with E-state index in [-0.39, 0.29) is 57.3 Å². The maximum Gasteiger partial charge on any atom is 0.325 e. The van der Waals surface area contributed by atoms with Crippen molar-refractivity contribution in [2.45, 2.75) is 108 Å². The Morgan fingerprint density at radius 3 is 1.96 bits per heavy atom. The van der Waals surface area contributed by atoms with Gasteiger partial charge in [-0.05, 0) is 76.9 Å². The fourth-order valence-electron chi connectivity index (χ4n) is 7.81. The number of nitrogens with zero attached hydrogens (tertiary/aromatic N) is 2. The summed E-state index contributed by atoms with van der Waals surface area (Å²) < 4.78 is 0. The summed E-state index contributed by atoms with van der Waals surface area (Å²) in [5.41, 5.74) is 14.1. The maximum absolute atomic E-state index is 14.5. The Balaban J connectivity index is 1.39. The number of imidazole rings is 1. The molecule has 3 heterocycles. The van der Waals surface area contributed by atoms with Crippen molar-refractivity contribution in [2.75, 3.05) is 20.1 Å². The number of rotatable bonds is 27. The number of imide groups is 1. The minimum absolute atomic E-state index is 0.00846. The number of aromatic amines is 2. The average Bonchev–Trinajstić information content (AvgIpc) is 4.05. The third kappa shape index (κ3) is 14.3. The lowest BCUT2D eigenvalue weighted by Gasteiger charge is -2.28. The van der Waals surface area contributed by atoms with Crippen LogP contribution in [0.4, 0.5) is 4.79 Å². The number of urea groups is 1. The van der Waals surface area contributed by atoms with Crippen LogP contribution in [0.15, 0.2) is 73.3 Å². The van der Waals surface area contributed by atoms with Crippen molar-refractivity contribution in [3.05, 3.63) is 90.1 Å². The van der Waals surface area contributed by atoms with Crippen molar-refractivity contribution < 1.29 is 43.2 Å². The normalized spacial score (nSPS) is 16.1. The molecule has 0 radical (unpaired) electrons. The second kappa shape index (κ2) is 24.9. The van der Waals surface area contributed by atoms with Gasteiger partial charge in [-0.3, -0.25) is 43.3 Å². The molecule has 2 aromatic carbocycles. The first-order valence-corrected chi connectivity index (χ1v) is 22.4. The highest BCUT2D eigenvalue weighted by molar-refractivity contribution is 6.09. The van der Waals surface area contributed by atoms with Crippen LogP contribution in [0.3, 0.4) is 0 Å². The molecule has 0 saturated carbocycles. The number of amides is 9. The van der Waals surface area contributed by atoms with Gasteiger partial charge >= 0.3 is 6.03 Å². The van der Waals surface area contributed by atoms with Gasteiger partial charge in [0.15, 0.2) is 0 Å². The van der Waals surface area contributed by atoms with E-state index in [1.54, 1.807) is 43.6 Å². The van der Waals surface area contributed by atoms with E-state index in [4.69, 9.17) is 11.5 Å². The molecular weight excluding hydrogens is 879 g/mol. The fraction of sp³-hybridized carbons (Fsp3) is 0.435. The molecule has 364 valence electrons. The summed E-state index contributed by atoms with van der Waals surface area (Å²) in [6.07, 6.45) is 5.07. The van der Waals surface area contributed by atoms with E-state index in [0.29, 0.717) is 34.7 Å². The number of ketones is 1. The summed E-state index contributed by atoms with van der Waals surface area (Å²) in [6.45, 7) is 3.26.